The van der Waals surface area contributed by atoms with Crippen molar-refractivity contribution < 1.29 is 54.1 Å². The molecule has 0 bridgehead atoms. The summed E-state index contributed by atoms with van der Waals surface area (Å²) >= 11 is 0. The van der Waals surface area contributed by atoms with E-state index in [1.54, 1.807) is 0 Å². The van der Waals surface area contributed by atoms with Gasteiger partial charge in [0, 0.05) is 30.8 Å². The van der Waals surface area contributed by atoms with Crippen LogP contribution in [-0.2, 0) is 25.1 Å². The molecule has 0 saturated carbocycles. The molecule has 12 heteroatoms. The van der Waals surface area contributed by atoms with Gasteiger partial charge in [-0.05, 0) is 48.4 Å². The van der Waals surface area contributed by atoms with E-state index in [0.717, 1.165) is 6.08 Å². The molecule has 1 heterocycles. The lowest BCUT2D eigenvalue weighted by atomic mass is 10.1. The van der Waals surface area contributed by atoms with Crippen molar-refractivity contribution >= 4 is 5.57 Å². The first kappa shape index (κ1) is 29.3. The fourth-order valence-corrected chi connectivity index (χ4v) is 3.54. The molecular formula is C26H22F8O4. The Morgan fingerprint density at radius 2 is 1.55 bits per heavy atom. The Balaban J connectivity index is 1.71. The van der Waals surface area contributed by atoms with Gasteiger partial charge < -0.3 is 18.9 Å². The predicted molar refractivity (Wildman–Crippen MR) is 120 cm³/mol. The van der Waals surface area contributed by atoms with E-state index in [1.807, 2.05) is 0 Å². The van der Waals surface area contributed by atoms with Crippen molar-refractivity contribution in [3.05, 3.63) is 101 Å². The Labute approximate surface area is 212 Å². The number of methoxy groups -OCH3 is 1. The van der Waals surface area contributed by atoms with Gasteiger partial charge in [0.2, 0.25) is 0 Å². The van der Waals surface area contributed by atoms with Crippen molar-refractivity contribution in [2.75, 3.05) is 26.9 Å². The van der Waals surface area contributed by atoms with Crippen LogP contribution in [0, 0.1) is 35.0 Å². The van der Waals surface area contributed by atoms with Gasteiger partial charge in [0.05, 0.1) is 19.5 Å². The second-order valence-electron chi connectivity index (χ2n) is 8.24. The molecule has 2 aromatic rings. The maximum atomic E-state index is 14.7. The number of hydrogen-bond acceptors (Lipinski definition) is 4. The zero-order chi connectivity index (χ0) is 28.0. The van der Waals surface area contributed by atoms with Gasteiger partial charge in [0.1, 0.15) is 23.0 Å². The lowest BCUT2D eigenvalue weighted by Crippen LogP contribution is -2.28. The first-order chi connectivity index (χ1) is 18.0. The molecule has 0 radical (unpaired) electrons. The second-order valence-corrected chi connectivity index (χ2v) is 8.24. The first-order valence-corrected chi connectivity index (χ1v) is 11.1. The van der Waals surface area contributed by atoms with Gasteiger partial charge >= 0.3 is 6.11 Å². The highest BCUT2D eigenvalue weighted by molar-refractivity contribution is 5.73. The smallest absolute Gasteiger partial charge is 0.429 e. The molecule has 0 unspecified atom stereocenters. The molecule has 4 nitrogen and oxygen atoms in total. The average Bonchev–Trinajstić information content (AvgIpc) is 2.85. The minimum Gasteiger partial charge on any atom is -0.429 e. The Bertz CT molecular complexity index is 1170. The van der Waals surface area contributed by atoms with Crippen molar-refractivity contribution in [1.29, 1.82) is 0 Å². The highest BCUT2D eigenvalue weighted by atomic mass is 19.3. The maximum Gasteiger partial charge on any atom is 0.432 e. The van der Waals surface area contributed by atoms with Gasteiger partial charge in [-0.1, -0.05) is 6.58 Å². The number of halogens is 8. The summed E-state index contributed by atoms with van der Waals surface area (Å²) in [7, 11) is 1.53. The van der Waals surface area contributed by atoms with E-state index in [1.165, 1.54) is 7.11 Å². The molecule has 38 heavy (non-hydrogen) atoms. The molecule has 1 saturated heterocycles. The van der Waals surface area contributed by atoms with E-state index in [4.69, 9.17) is 14.2 Å². The Kier molecular flexibility index (Phi) is 9.69. The van der Waals surface area contributed by atoms with E-state index in [-0.39, 0.29) is 31.0 Å². The molecule has 0 aliphatic carbocycles. The summed E-state index contributed by atoms with van der Waals surface area (Å²) in [5.41, 5.74) is -2.92. The van der Waals surface area contributed by atoms with E-state index < -0.39 is 63.9 Å². The zero-order valence-electron chi connectivity index (χ0n) is 19.9. The summed E-state index contributed by atoms with van der Waals surface area (Å²) in [5, 5.41) is 0. The number of hydrogen-bond donors (Lipinski definition) is 0. The first-order valence-electron chi connectivity index (χ1n) is 11.1. The number of benzene rings is 2. The third kappa shape index (κ3) is 7.00. The second kappa shape index (κ2) is 12.5. The molecule has 0 atom stereocenters. The Hall–Kier alpha value is -3.22. The van der Waals surface area contributed by atoms with Gasteiger partial charge in [-0.3, -0.25) is 0 Å². The quantitative estimate of drug-likeness (QED) is 0.135. The van der Waals surface area contributed by atoms with E-state index in [2.05, 4.69) is 11.3 Å². The summed E-state index contributed by atoms with van der Waals surface area (Å²) < 4.78 is 132. The molecule has 206 valence electrons. The van der Waals surface area contributed by atoms with Crippen molar-refractivity contribution in [3.8, 4) is 0 Å². The molecule has 1 aliphatic heterocycles. The molecular weight excluding hydrogens is 528 g/mol. The predicted octanol–water partition coefficient (Wildman–Crippen LogP) is 7.23. The van der Waals surface area contributed by atoms with Crippen molar-refractivity contribution in [2.24, 2.45) is 5.92 Å². The van der Waals surface area contributed by atoms with Crippen LogP contribution in [-0.4, -0.2) is 26.9 Å². The zero-order valence-corrected chi connectivity index (χ0v) is 19.9. The highest BCUT2D eigenvalue weighted by Crippen LogP contribution is 2.38. The molecule has 0 amide bonds. The molecule has 0 aromatic heterocycles. The summed E-state index contributed by atoms with van der Waals surface area (Å²) in [6.45, 7) is 4.03. The summed E-state index contributed by atoms with van der Waals surface area (Å²) in [5.74, 6) is -9.22. The van der Waals surface area contributed by atoms with Crippen LogP contribution in [0.1, 0.15) is 29.4 Å². The summed E-state index contributed by atoms with van der Waals surface area (Å²) in [6.07, 6.45) is -3.86. The van der Waals surface area contributed by atoms with E-state index in [9.17, 15) is 35.1 Å². The topological polar surface area (TPSA) is 36.9 Å². The van der Waals surface area contributed by atoms with Gasteiger partial charge in [-0.15, -0.1) is 0 Å². The fourth-order valence-electron chi connectivity index (χ4n) is 3.54. The van der Waals surface area contributed by atoms with Gasteiger partial charge in [0.25, 0.3) is 0 Å². The lowest BCUT2D eigenvalue weighted by Gasteiger charge is -2.30. The monoisotopic (exact) mass is 550 g/mol. The van der Waals surface area contributed by atoms with Crippen molar-refractivity contribution in [1.82, 2.24) is 0 Å². The SMILES string of the molecule is C=C(/C=C\C(=C\F)c1cc(F)c(F)c(F)c1)OC(F)(F)c1c(F)cc(C2OCC(CCOC)CO2)cc1F. The van der Waals surface area contributed by atoms with E-state index in [0.29, 0.717) is 43.4 Å². The van der Waals surface area contributed by atoms with Gasteiger partial charge in [-0.2, -0.15) is 8.78 Å². The molecule has 1 fully saturated rings. The fraction of sp³-hybridized carbons (Fsp3) is 0.308. The van der Waals surface area contributed by atoms with Crippen LogP contribution in [0.2, 0.25) is 0 Å². The van der Waals surface area contributed by atoms with Crippen LogP contribution in [0.4, 0.5) is 35.1 Å². The number of rotatable bonds is 10. The molecule has 1 aliphatic rings. The van der Waals surface area contributed by atoms with Crippen LogP contribution in [0.15, 0.2) is 55.1 Å². The maximum absolute atomic E-state index is 14.7. The van der Waals surface area contributed by atoms with Crippen LogP contribution in [0.3, 0.4) is 0 Å². The third-order valence-corrected chi connectivity index (χ3v) is 5.47. The number of alkyl halides is 2. The van der Waals surface area contributed by atoms with E-state index >= 15 is 0 Å². The van der Waals surface area contributed by atoms with Crippen LogP contribution >= 0.6 is 0 Å². The van der Waals surface area contributed by atoms with Crippen LogP contribution < -0.4 is 0 Å². The minimum atomic E-state index is -4.57. The summed E-state index contributed by atoms with van der Waals surface area (Å²) in [6, 6.07) is 2.18. The van der Waals surface area contributed by atoms with Crippen molar-refractivity contribution in [2.45, 2.75) is 18.8 Å². The Morgan fingerprint density at radius 3 is 2.08 bits per heavy atom. The number of allylic oxidation sites excluding steroid dienone is 3. The lowest BCUT2D eigenvalue weighted by molar-refractivity contribution is -0.224. The van der Waals surface area contributed by atoms with Crippen LogP contribution in [0.5, 0.6) is 0 Å². The standard InChI is InChI=1S/C26H22F8O4/c1-14(3-4-16(11-27)17-7-21(30)24(32)22(31)8-17)38-26(33,34)23-19(28)9-18(10-20(23)29)25-36-12-15(13-37-25)5-6-35-2/h3-4,7-11,15,25H,1,5-6,12-13H2,2H3/b4-3-,16-11-. The average molecular weight is 550 g/mol. The van der Waals surface area contributed by atoms with Crippen LogP contribution in [0.25, 0.3) is 5.57 Å². The summed E-state index contributed by atoms with van der Waals surface area (Å²) in [4.78, 5) is 0. The molecule has 0 spiro atoms. The van der Waals surface area contributed by atoms with Crippen molar-refractivity contribution in [3.63, 3.8) is 0 Å². The van der Waals surface area contributed by atoms with Gasteiger partial charge in [-0.25, -0.2) is 26.3 Å². The highest BCUT2D eigenvalue weighted by Gasteiger charge is 2.41. The molecule has 3 rings (SSSR count). The third-order valence-electron chi connectivity index (χ3n) is 5.47. The molecule has 2 aromatic carbocycles. The number of ether oxygens (including phenoxy) is 4. The Morgan fingerprint density at radius 1 is 0.974 bits per heavy atom. The minimum absolute atomic E-state index is 0.00849. The normalized spacial score (nSPS) is 18.7. The molecule has 0 N–H and O–H groups in total. The van der Waals surface area contributed by atoms with Gasteiger partial charge in [0.15, 0.2) is 23.7 Å². The largest absolute Gasteiger partial charge is 0.432 e.